The van der Waals surface area contributed by atoms with E-state index >= 15 is 0 Å². The maximum absolute atomic E-state index is 12.9. The molecule has 0 radical (unpaired) electrons. The highest BCUT2D eigenvalue weighted by atomic mass is 16.7. The lowest BCUT2D eigenvalue weighted by atomic mass is 10.1. The molecule has 1 aliphatic rings. The van der Waals surface area contributed by atoms with Gasteiger partial charge in [0.15, 0.2) is 23.0 Å². The van der Waals surface area contributed by atoms with Gasteiger partial charge in [-0.2, -0.15) is 5.10 Å². The van der Waals surface area contributed by atoms with E-state index in [0.717, 1.165) is 10.2 Å². The largest absolute Gasteiger partial charge is 0.463 e. The molecular weight excluding hydrogens is 428 g/mol. The van der Waals surface area contributed by atoms with E-state index in [1.807, 2.05) is 6.07 Å². The van der Waals surface area contributed by atoms with Crippen LogP contribution in [0, 0.1) is 6.92 Å². The number of carbonyl (C=O) groups is 1. The summed E-state index contributed by atoms with van der Waals surface area (Å²) in [5.41, 5.74) is 1.84. The van der Waals surface area contributed by atoms with Crippen molar-refractivity contribution < 1.29 is 23.2 Å². The molecule has 4 aromatic rings. The zero-order valence-corrected chi connectivity index (χ0v) is 17.9. The van der Waals surface area contributed by atoms with Crippen molar-refractivity contribution >= 4 is 5.91 Å². The van der Waals surface area contributed by atoms with Crippen molar-refractivity contribution in [2.45, 2.75) is 26.4 Å². The number of aryl methyl sites for hydroxylation is 1. The third kappa shape index (κ3) is 3.98. The lowest BCUT2D eigenvalue weighted by Gasteiger charge is -2.16. The van der Waals surface area contributed by atoms with Crippen LogP contribution in [0.3, 0.4) is 0 Å². The van der Waals surface area contributed by atoms with E-state index in [-0.39, 0.29) is 19.2 Å². The van der Waals surface area contributed by atoms with Crippen LogP contribution in [0.2, 0.25) is 0 Å². The summed E-state index contributed by atoms with van der Waals surface area (Å²) in [7, 11) is 0. The number of nitrogens with zero attached hydrogens (tertiary/aromatic N) is 3. The van der Waals surface area contributed by atoms with Gasteiger partial charge in [-0.3, -0.25) is 9.59 Å². The smallest absolute Gasteiger partial charge is 0.268 e. The van der Waals surface area contributed by atoms with E-state index < -0.39 is 11.6 Å². The van der Waals surface area contributed by atoms with Crippen LogP contribution >= 0.6 is 0 Å². The van der Waals surface area contributed by atoms with E-state index in [0.29, 0.717) is 40.0 Å². The maximum atomic E-state index is 12.9. The topological polar surface area (TPSA) is 122 Å². The number of nitrogens with one attached hydrogen (secondary N) is 1. The second-order valence-corrected chi connectivity index (χ2v) is 7.58. The number of carbonyl (C=O) groups excluding carboxylic acids is 1. The lowest BCUT2D eigenvalue weighted by Crippen LogP contribution is -2.37. The molecule has 1 aromatic carbocycles. The Labute approximate surface area is 187 Å². The minimum atomic E-state index is -0.870. The third-order valence-electron chi connectivity index (χ3n) is 5.25. The zero-order valence-electron chi connectivity index (χ0n) is 17.9. The van der Waals surface area contributed by atoms with Crippen LogP contribution in [0.25, 0.3) is 22.8 Å². The van der Waals surface area contributed by atoms with Gasteiger partial charge in [0, 0.05) is 18.7 Å². The Morgan fingerprint density at radius 3 is 2.76 bits per heavy atom. The molecule has 0 fully saturated rings. The van der Waals surface area contributed by atoms with Gasteiger partial charge in [0.25, 0.3) is 5.56 Å². The molecule has 10 nitrogen and oxygen atoms in total. The molecule has 1 aliphatic heterocycles. The molecule has 0 saturated carbocycles. The number of hydrogen-bond acceptors (Lipinski definition) is 8. The molecule has 4 heterocycles. The fourth-order valence-corrected chi connectivity index (χ4v) is 3.52. The molecular formula is C23H20N4O6. The summed E-state index contributed by atoms with van der Waals surface area (Å²) in [6.45, 7) is 3.82. The van der Waals surface area contributed by atoms with Gasteiger partial charge in [-0.15, -0.1) is 0 Å². The highest BCUT2D eigenvalue weighted by Gasteiger charge is 2.23. The standard InChI is InChI=1S/C23H20N4O6/c1-13-8-19(33-26-13)16-10-21(28)27(25-22(16)18-4-3-7-30-18)14(2)23(29)24-11-15-5-6-17-20(9-15)32-12-31-17/h3-10,14H,11-12H2,1-2H3,(H,24,29)/t14-/m0/s1. The van der Waals surface area contributed by atoms with Crippen LogP contribution in [0.5, 0.6) is 11.5 Å². The van der Waals surface area contributed by atoms with Crippen molar-refractivity contribution in [1.29, 1.82) is 0 Å². The molecule has 3 aromatic heterocycles. The summed E-state index contributed by atoms with van der Waals surface area (Å²) >= 11 is 0. The van der Waals surface area contributed by atoms with Crippen molar-refractivity contribution in [2.24, 2.45) is 0 Å². The van der Waals surface area contributed by atoms with E-state index in [4.69, 9.17) is 18.4 Å². The molecule has 0 unspecified atom stereocenters. The second kappa shape index (κ2) is 8.30. The molecule has 0 aliphatic carbocycles. The number of hydrogen-bond donors (Lipinski definition) is 1. The van der Waals surface area contributed by atoms with Crippen LogP contribution in [0.4, 0.5) is 0 Å². The first kappa shape index (κ1) is 20.6. The third-order valence-corrected chi connectivity index (χ3v) is 5.25. The van der Waals surface area contributed by atoms with Crippen LogP contribution in [-0.4, -0.2) is 27.6 Å². The Balaban J connectivity index is 1.41. The first-order chi connectivity index (χ1) is 16.0. The number of amides is 1. The van der Waals surface area contributed by atoms with E-state index in [9.17, 15) is 9.59 Å². The normalized spacial score (nSPS) is 13.2. The Morgan fingerprint density at radius 1 is 1.15 bits per heavy atom. The Morgan fingerprint density at radius 2 is 2.00 bits per heavy atom. The van der Waals surface area contributed by atoms with Crippen molar-refractivity contribution in [1.82, 2.24) is 20.3 Å². The predicted octanol–water partition coefficient (Wildman–Crippen LogP) is 3.07. The summed E-state index contributed by atoms with van der Waals surface area (Å²) < 4.78 is 22.6. The quantitative estimate of drug-likeness (QED) is 0.478. The van der Waals surface area contributed by atoms with Crippen molar-refractivity contribution in [2.75, 3.05) is 6.79 Å². The summed E-state index contributed by atoms with van der Waals surface area (Å²) in [6.07, 6.45) is 1.50. The van der Waals surface area contributed by atoms with Crippen molar-refractivity contribution in [3.8, 4) is 34.3 Å². The van der Waals surface area contributed by atoms with Crippen molar-refractivity contribution in [3.05, 3.63) is 70.3 Å². The lowest BCUT2D eigenvalue weighted by molar-refractivity contribution is -0.124. The zero-order chi connectivity index (χ0) is 22.9. The number of furan rings is 1. The Kier molecular flexibility index (Phi) is 5.17. The minimum absolute atomic E-state index is 0.179. The Bertz CT molecular complexity index is 1370. The number of rotatable bonds is 6. The van der Waals surface area contributed by atoms with Gasteiger partial charge in [0.05, 0.1) is 17.5 Å². The van der Waals surface area contributed by atoms with Gasteiger partial charge in [-0.05, 0) is 43.7 Å². The van der Waals surface area contributed by atoms with Gasteiger partial charge >= 0.3 is 0 Å². The van der Waals surface area contributed by atoms with Crippen LogP contribution in [0.1, 0.15) is 24.2 Å². The first-order valence-electron chi connectivity index (χ1n) is 10.3. The molecule has 168 valence electrons. The van der Waals surface area contributed by atoms with Gasteiger partial charge in [0.2, 0.25) is 12.7 Å². The summed E-state index contributed by atoms with van der Waals surface area (Å²) in [5, 5.41) is 11.2. The Hall–Kier alpha value is -4.34. The summed E-state index contributed by atoms with van der Waals surface area (Å²) in [6, 6.07) is 11.1. The fourth-order valence-electron chi connectivity index (χ4n) is 3.52. The predicted molar refractivity (Wildman–Crippen MR) is 116 cm³/mol. The van der Waals surface area contributed by atoms with E-state index in [1.54, 1.807) is 44.2 Å². The highest BCUT2D eigenvalue weighted by molar-refractivity contribution is 5.80. The monoisotopic (exact) mass is 448 g/mol. The molecule has 1 amide bonds. The number of ether oxygens (including phenoxy) is 2. The molecule has 1 atom stereocenters. The molecule has 33 heavy (non-hydrogen) atoms. The summed E-state index contributed by atoms with van der Waals surface area (Å²) in [4.78, 5) is 25.7. The fraction of sp³-hybridized carbons (Fsp3) is 0.217. The van der Waals surface area contributed by atoms with Crippen LogP contribution < -0.4 is 20.3 Å². The molecule has 10 heteroatoms. The molecule has 1 N–H and O–H groups in total. The van der Waals surface area contributed by atoms with Crippen LogP contribution in [0.15, 0.2) is 62.5 Å². The van der Waals surface area contributed by atoms with Gasteiger partial charge in [0.1, 0.15) is 11.7 Å². The number of fused-ring (bicyclic) bond motifs is 1. The first-order valence-corrected chi connectivity index (χ1v) is 10.3. The number of benzene rings is 1. The molecule has 0 saturated heterocycles. The van der Waals surface area contributed by atoms with E-state index in [2.05, 4.69) is 15.6 Å². The molecule has 0 spiro atoms. The van der Waals surface area contributed by atoms with Crippen LogP contribution in [-0.2, 0) is 11.3 Å². The average molecular weight is 448 g/mol. The highest BCUT2D eigenvalue weighted by Crippen LogP contribution is 2.33. The van der Waals surface area contributed by atoms with Gasteiger partial charge in [-0.25, -0.2) is 4.68 Å². The van der Waals surface area contributed by atoms with Gasteiger partial charge in [-0.1, -0.05) is 11.2 Å². The van der Waals surface area contributed by atoms with E-state index in [1.165, 1.54) is 12.3 Å². The number of aromatic nitrogens is 3. The molecule has 0 bridgehead atoms. The second-order valence-electron chi connectivity index (χ2n) is 7.58. The average Bonchev–Trinajstić information content (AvgIpc) is 3.58. The minimum Gasteiger partial charge on any atom is -0.463 e. The summed E-state index contributed by atoms with van der Waals surface area (Å²) in [5.74, 6) is 1.75. The maximum Gasteiger partial charge on any atom is 0.268 e. The van der Waals surface area contributed by atoms with Gasteiger partial charge < -0.3 is 23.7 Å². The van der Waals surface area contributed by atoms with Crippen molar-refractivity contribution in [3.63, 3.8) is 0 Å². The molecule has 5 rings (SSSR count). The SMILES string of the molecule is Cc1cc(-c2cc(=O)n([C@@H](C)C(=O)NCc3ccc4c(c3)OCO4)nc2-c2ccco2)on1.